The first-order chi connectivity index (χ1) is 10.7. The fourth-order valence-electron chi connectivity index (χ4n) is 4.20. The predicted octanol–water partition coefficient (Wildman–Crippen LogP) is 1.09. The molecule has 1 unspecified atom stereocenters. The third-order valence-electron chi connectivity index (χ3n) is 5.21. The summed E-state index contributed by atoms with van der Waals surface area (Å²) in [5, 5.41) is 7.21. The Bertz CT molecular complexity index is 410. The molecule has 0 aliphatic carbocycles. The average Bonchev–Trinajstić information content (AvgIpc) is 2.96. The molecule has 3 atom stereocenters. The summed E-state index contributed by atoms with van der Waals surface area (Å²) in [6.45, 7) is 15.0. The zero-order chi connectivity index (χ0) is 17.2. The molecule has 0 aromatic heterocycles. The van der Waals surface area contributed by atoms with Crippen molar-refractivity contribution < 1.29 is 4.79 Å². The maximum atomic E-state index is 12.0. The summed E-state index contributed by atoms with van der Waals surface area (Å²) in [6.07, 6.45) is 2.30. The number of Topliss-reactive ketones (excluding diaryl/α,β-unsaturated/α-hetero) is 1. The van der Waals surface area contributed by atoms with Crippen LogP contribution < -0.4 is 10.6 Å². The molecule has 2 N–H and O–H groups in total. The first-order valence-corrected chi connectivity index (χ1v) is 9.16. The van der Waals surface area contributed by atoms with Crippen LogP contribution in [0.4, 0.5) is 0 Å². The van der Waals surface area contributed by atoms with Crippen molar-refractivity contribution in [3.63, 3.8) is 0 Å². The van der Waals surface area contributed by atoms with Gasteiger partial charge in [-0.25, -0.2) is 0 Å². The van der Waals surface area contributed by atoms with Gasteiger partial charge in [0.25, 0.3) is 0 Å². The first-order valence-electron chi connectivity index (χ1n) is 9.16. The van der Waals surface area contributed by atoms with Crippen LogP contribution in [0.2, 0.25) is 0 Å². The lowest BCUT2D eigenvalue weighted by Gasteiger charge is -2.38. The van der Waals surface area contributed by atoms with E-state index in [0.29, 0.717) is 30.5 Å². The SMILES string of the molecule is CC(C)N[C@H]1CCN(C(C)(C)CC(C)N[C@@H]2CN(C)CC2=O)C1. The average molecular weight is 325 g/mol. The van der Waals surface area contributed by atoms with E-state index >= 15 is 0 Å². The van der Waals surface area contributed by atoms with Gasteiger partial charge in [-0.2, -0.15) is 0 Å². The van der Waals surface area contributed by atoms with Crippen LogP contribution in [0.1, 0.15) is 47.5 Å². The fraction of sp³-hybridized carbons (Fsp3) is 0.944. The van der Waals surface area contributed by atoms with Gasteiger partial charge in [0.1, 0.15) is 0 Å². The number of hydrogen-bond acceptors (Lipinski definition) is 5. The molecule has 2 aliphatic rings. The Balaban J connectivity index is 1.82. The number of likely N-dealkylation sites (N-methyl/N-ethyl adjacent to an activating group) is 1. The van der Waals surface area contributed by atoms with Gasteiger partial charge in [-0.15, -0.1) is 0 Å². The van der Waals surface area contributed by atoms with Gasteiger partial charge in [-0.1, -0.05) is 13.8 Å². The van der Waals surface area contributed by atoms with Gasteiger partial charge in [0.2, 0.25) is 0 Å². The minimum absolute atomic E-state index is 0.0136. The predicted molar refractivity (Wildman–Crippen MR) is 95.8 cm³/mol. The number of nitrogens with one attached hydrogen (secondary N) is 2. The molecular weight excluding hydrogens is 288 g/mol. The van der Waals surface area contributed by atoms with Crippen LogP contribution in [0.5, 0.6) is 0 Å². The van der Waals surface area contributed by atoms with Crippen molar-refractivity contribution in [1.29, 1.82) is 0 Å². The van der Waals surface area contributed by atoms with Gasteiger partial charge in [-0.05, 0) is 40.7 Å². The molecule has 0 aromatic rings. The highest BCUT2D eigenvalue weighted by atomic mass is 16.1. The van der Waals surface area contributed by atoms with E-state index < -0.39 is 0 Å². The number of carbonyl (C=O) groups is 1. The molecule has 2 heterocycles. The Hall–Kier alpha value is -0.490. The molecule has 0 spiro atoms. The Kier molecular flexibility index (Phi) is 6.22. The molecule has 5 heteroatoms. The maximum absolute atomic E-state index is 12.0. The highest BCUT2D eigenvalue weighted by molar-refractivity contribution is 5.88. The van der Waals surface area contributed by atoms with E-state index in [1.54, 1.807) is 0 Å². The van der Waals surface area contributed by atoms with E-state index in [2.05, 4.69) is 55.1 Å². The van der Waals surface area contributed by atoms with E-state index in [1.807, 2.05) is 7.05 Å². The van der Waals surface area contributed by atoms with Gasteiger partial charge in [0.15, 0.2) is 5.78 Å². The van der Waals surface area contributed by atoms with Crippen molar-refractivity contribution in [2.75, 3.05) is 33.2 Å². The smallest absolute Gasteiger partial charge is 0.164 e. The fourth-order valence-corrected chi connectivity index (χ4v) is 4.20. The monoisotopic (exact) mass is 324 g/mol. The molecule has 0 radical (unpaired) electrons. The van der Waals surface area contributed by atoms with E-state index in [1.165, 1.54) is 6.42 Å². The molecule has 5 nitrogen and oxygen atoms in total. The Morgan fingerprint density at radius 2 is 1.91 bits per heavy atom. The second-order valence-corrected chi connectivity index (χ2v) is 8.55. The third-order valence-corrected chi connectivity index (χ3v) is 5.21. The maximum Gasteiger partial charge on any atom is 0.164 e. The molecule has 0 saturated carbocycles. The van der Waals surface area contributed by atoms with Gasteiger partial charge in [0, 0.05) is 43.3 Å². The first kappa shape index (κ1) is 18.8. The van der Waals surface area contributed by atoms with Crippen LogP contribution in [-0.4, -0.2) is 78.5 Å². The summed E-state index contributed by atoms with van der Waals surface area (Å²) in [4.78, 5) is 16.7. The number of carbonyl (C=O) groups excluding carboxylic acids is 1. The number of nitrogens with zero attached hydrogens (tertiary/aromatic N) is 2. The highest BCUT2D eigenvalue weighted by Crippen LogP contribution is 2.26. The van der Waals surface area contributed by atoms with Crippen molar-refractivity contribution in [1.82, 2.24) is 20.4 Å². The molecule has 2 rings (SSSR count). The van der Waals surface area contributed by atoms with Crippen LogP contribution >= 0.6 is 0 Å². The van der Waals surface area contributed by atoms with E-state index in [-0.39, 0.29) is 11.6 Å². The number of hydrogen-bond donors (Lipinski definition) is 2. The standard InChI is InChI=1S/C18H36N4O/c1-13(2)19-15-7-8-22(10-15)18(4,5)9-14(3)20-16-11-21(6)12-17(16)23/h13-16,19-20H,7-12H2,1-6H3/t14?,15-,16+/m0/s1. The summed E-state index contributed by atoms with van der Waals surface area (Å²) in [7, 11) is 2.01. The van der Waals surface area contributed by atoms with E-state index in [0.717, 1.165) is 26.1 Å². The van der Waals surface area contributed by atoms with Gasteiger partial charge >= 0.3 is 0 Å². The lowest BCUT2D eigenvalue weighted by molar-refractivity contribution is -0.118. The zero-order valence-electron chi connectivity index (χ0n) is 15.9. The van der Waals surface area contributed by atoms with Gasteiger partial charge < -0.3 is 10.6 Å². The van der Waals surface area contributed by atoms with E-state index in [4.69, 9.17) is 0 Å². The Morgan fingerprint density at radius 3 is 2.48 bits per heavy atom. The van der Waals surface area contributed by atoms with Crippen molar-refractivity contribution in [2.24, 2.45) is 0 Å². The van der Waals surface area contributed by atoms with Crippen LogP contribution in [0.3, 0.4) is 0 Å². The summed E-state index contributed by atoms with van der Waals surface area (Å²) in [5.41, 5.74) is 0.160. The van der Waals surface area contributed by atoms with Crippen molar-refractivity contribution in [3.05, 3.63) is 0 Å². The number of likely N-dealkylation sites (tertiary alicyclic amines) is 2. The second kappa shape index (κ2) is 7.60. The number of ketones is 1. The molecular formula is C18H36N4O. The highest BCUT2D eigenvalue weighted by Gasteiger charge is 2.36. The number of rotatable bonds is 7. The van der Waals surface area contributed by atoms with Gasteiger partial charge in [0.05, 0.1) is 12.6 Å². The van der Waals surface area contributed by atoms with Crippen LogP contribution in [0.25, 0.3) is 0 Å². The van der Waals surface area contributed by atoms with Crippen molar-refractivity contribution in [2.45, 2.75) is 77.2 Å². The zero-order valence-corrected chi connectivity index (χ0v) is 15.9. The molecule has 2 fully saturated rings. The summed E-state index contributed by atoms with van der Waals surface area (Å²) in [6, 6.07) is 1.53. The second-order valence-electron chi connectivity index (χ2n) is 8.55. The summed E-state index contributed by atoms with van der Waals surface area (Å²) in [5.74, 6) is 0.333. The lowest BCUT2D eigenvalue weighted by atomic mass is 9.93. The topological polar surface area (TPSA) is 47.6 Å². The molecule has 134 valence electrons. The van der Waals surface area contributed by atoms with Crippen molar-refractivity contribution in [3.8, 4) is 0 Å². The van der Waals surface area contributed by atoms with Crippen LogP contribution in [0.15, 0.2) is 0 Å². The molecule has 2 aliphatic heterocycles. The largest absolute Gasteiger partial charge is 0.310 e. The van der Waals surface area contributed by atoms with Crippen molar-refractivity contribution >= 4 is 5.78 Å². The quantitative estimate of drug-likeness (QED) is 0.734. The van der Waals surface area contributed by atoms with Gasteiger partial charge in [-0.3, -0.25) is 14.6 Å². The molecule has 23 heavy (non-hydrogen) atoms. The minimum Gasteiger partial charge on any atom is -0.310 e. The Morgan fingerprint density at radius 1 is 1.22 bits per heavy atom. The molecule has 0 bridgehead atoms. The summed E-state index contributed by atoms with van der Waals surface area (Å²) >= 11 is 0. The summed E-state index contributed by atoms with van der Waals surface area (Å²) < 4.78 is 0. The van der Waals surface area contributed by atoms with Crippen LogP contribution in [0, 0.1) is 0 Å². The Labute approximate surface area is 142 Å². The minimum atomic E-state index is 0.0136. The lowest BCUT2D eigenvalue weighted by Crippen LogP contribution is -2.50. The van der Waals surface area contributed by atoms with Crippen LogP contribution in [-0.2, 0) is 4.79 Å². The molecule has 0 amide bonds. The third kappa shape index (κ3) is 5.24. The molecule has 0 aromatic carbocycles. The molecule has 2 saturated heterocycles. The van der Waals surface area contributed by atoms with E-state index in [9.17, 15) is 4.79 Å². The normalized spacial score (nSPS) is 28.9.